The molecule has 0 aliphatic heterocycles. The number of ether oxygens (including phenoxy) is 2. The van der Waals surface area contributed by atoms with E-state index in [1.54, 1.807) is 32.5 Å². The molecular formula is C28H22ClN3O4S. The summed E-state index contributed by atoms with van der Waals surface area (Å²) in [7, 11) is 3.18. The number of aliphatic carboxylic acids is 1. The zero-order chi connectivity index (χ0) is 26.1. The monoisotopic (exact) mass is 531 g/mol. The van der Waals surface area contributed by atoms with Crippen molar-refractivity contribution >= 4 is 39.1 Å². The van der Waals surface area contributed by atoms with Crippen molar-refractivity contribution in [2.45, 2.75) is 13.3 Å². The fraction of sp³-hybridized carbons (Fsp3) is 0.143. The van der Waals surface area contributed by atoms with E-state index in [0.29, 0.717) is 22.2 Å². The third-order valence-electron chi connectivity index (χ3n) is 6.05. The van der Waals surface area contributed by atoms with E-state index >= 15 is 0 Å². The van der Waals surface area contributed by atoms with E-state index in [1.807, 2.05) is 49.4 Å². The van der Waals surface area contributed by atoms with Gasteiger partial charge in [0, 0.05) is 21.7 Å². The van der Waals surface area contributed by atoms with Gasteiger partial charge in [-0.25, -0.2) is 4.98 Å². The van der Waals surface area contributed by atoms with E-state index in [0.717, 1.165) is 48.6 Å². The summed E-state index contributed by atoms with van der Waals surface area (Å²) in [5.41, 5.74) is 6.48. The van der Waals surface area contributed by atoms with Crippen molar-refractivity contribution in [1.29, 1.82) is 0 Å². The van der Waals surface area contributed by atoms with E-state index in [1.165, 1.54) is 11.3 Å². The summed E-state index contributed by atoms with van der Waals surface area (Å²) in [6.45, 7) is 1.92. The lowest BCUT2D eigenvalue weighted by molar-refractivity contribution is -0.136. The molecule has 2 aromatic heterocycles. The van der Waals surface area contributed by atoms with Crippen molar-refractivity contribution in [3.63, 3.8) is 0 Å². The van der Waals surface area contributed by atoms with Crippen molar-refractivity contribution in [1.82, 2.24) is 15.2 Å². The minimum Gasteiger partial charge on any atom is -0.493 e. The molecule has 2 heterocycles. The minimum atomic E-state index is -0.889. The van der Waals surface area contributed by atoms with Crippen LogP contribution in [0.2, 0.25) is 5.02 Å². The fourth-order valence-corrected chi connectivity index (χ4v) is 5.53. The molecule has 7 nitrogen and oxygen atoms in total. The van der Waals surface area contributed by atoms with Crippen molar-refractivity contribution in [3.8, 4) is 44.5 Å². The Morgan fingerprint density at radius 3 is 2.41 bits per heavy atom. The van der Waals surface area contributed by atoms with Gasteiger partial charge in [0.05, 0.1) is 42.7 Å². The fourth-order valence-electron chi connectivity index (χ4n) is 4.28. The van der Waals surface area contributed by atoms with Crippen LogP contribution in [0, 0.1) is 6.92 Å². The van der Waals surface area contributed by atoms with E-state index in [4.69, 9.17) is 26.1 Å². The second kappa shape index (κ2) is 10.2. The maximum atomic E-state index is 11.7. The van der Waals surface area contributed by atoms with E-state index in [2.05, 4.69) is 10.2 Å². The Kier molecular flexibility index (Phi) is 6.78. The quantitative estimate of drug-likeness (QED) is 0.250. The molecule has 0 bridgehead atoms. The second-order valence-electron chi connectivity index (χ2n) is 8.39. The molecule has 0 aliphatic carbocycles. The number of carbonyl (C=O) groups is 1. The summed E-state index contributed by atoms with van der Waals surface area (Å²) < 4.78 is 11.7. The van der Waals surface area contributed by atoms with Gasteiger partial charge in [-0.3, -0.25) is 4.79 Å². The third-order valence-corrected chi connectivity index (χ3v) is 7.44. The smallest absolute Gasteiger partial charge is 0.307 e. The van der Waals surface area contributed by atoms with Gasteiger partial charge in [0.2, 0.25) is 0 Å². The molecule has 0 unspecified atom stereocenters. The molecule has 0 saturated heterocycles. The number of rotatable bonds is 7. The molecule has 0 atom stereocenters. The van der Waals surface area contributed by atoms with Gasteiger partial charge in [-0.1, -0.05) is 23.7 Å². The summed E-state index contributed by atoms with van der Waals surface area (Å²) in [6.07, 6.45) is 1.59. The number of aromatic nitrogens is 3. The number of carboxylic acid groups (broad SMARTS) is 1. The molecule has 5 rings (SSSR count). The predicted octanol–water partition coefficient (Wildman–Crippen LogP) is 6.69. The number of halogens is 1. The number of nitrogens with zero attached hydrogens (tertiary/aromatic N) is 3. The van der Waals surface area contributed by atoms with Gasteiger partial charge in [-0.2, -0.15) is 10.2 Å². The highest BCUT2D eigenvalue weighted by molar-refractivity contribution is 7.22. The Hall–Kier alpha value is -4.01. The molecule has 5 aromatic rings. The van der Waals surface area contributed by atoms with Crippen LogP contribution in [0.15, 0.2) is 60.8 Å². The van der Waals surface area contributed by atoms with Crippen LogP contribution >= 0.6 is 22.9 Å². The predicted molar refractivity (Wildman–Crippen MR) is 146 cm³/mol. The summed E-state index contributed by atoms with van der Waals surface area (Å²) in [5, 5.41) is 19.5. The number of methoxy groups -OCH3 is 2. The lowest BCUT2D eigenvalue weighted by atomic mass is 9.93. The SMILES string of the molecule is COc1ccc(-c2cc(-c3nc4cc(C)c(CC(=O)O)c(-c5ccc(Cl)cc5)c4s3)cnn2)cc1OC. The third kappa shape index (κ3) is 4.85. The maximum Gasteiger partial charge on any atom is 0.307 e. The van der Waals surface area contributed by atoms with Gasteiger partial charge in [-0.15, -0.1) is 11.3 Å². The summed E-state index contributed by atoms with van der Waals surface area (Å²) in [5.74, 6) is 0.338. The molecule has 1 N–H and O–H groups in total. The van der Waals surface area contributed by atoms with Crippen LogP contribution in [0.4, 0.5) is 0 Å². The number of hydrogen-bond donors (Lipinski definition) is 1. The van der Waals surface area contributed by atoms with Crippen LogP contribution in [-0.2, 0) is 11.2 Å². The highest BCUT2D eigenvalue weighted by Crippen LogP contribution is 2.41. The van der Waals surface area contributed by atoms with Crippen molar-refractivity contribution in [3.05, 3.63) is 76.9 Å². The second-order valence-corrected chi connectivity index (χ2v) is 9.83. The molecule has 0 fully saturated rings. The van der Waals surface area contributed by atoms with Gasteiger partial charge >= 0.3 is 5.97 Å². The lowest BCUT2D eigenvalue weighted by Gasteiger charge is -2.13. The molecule has 0 spiro atoms. The Bertz CT molecular complexity index is 1630. The van der Waals surface area contributed by atoms with Crippen LogP contribution < -0.4 is 9.47 Å². The highest BCUT2D eigenvalue weighted by atomic mass is 35.5. The number of carboxylic acids is 1. The zero-order valence-electron chi connectivity index (χ0n) is 20.3. The summed E-state index contributed by atoms with van der Waals surface area (Å²) in [4.78, 5) is 16.6. The first-order valence-corrected chi connectivity index (χ1v) is 12.5. The van der Waals surface area contributed by atoms with Crippen molar-refractivity contribution in [2.75, 3.05) is 14.2 Å². The largest absolute Gasteiger partial charge is 0.493 e. The average Bonchev–Trinajstić information content (AvgIpc) is 3.32. The Morgan fingerprint density at radius 1 is 0.973 bits per heavy atom. The number of aryl methyl sites for hydroxylation is 1. The number of thiazole rings is 1. The Morgan fingerprint density at radius 2 is 1.70 bits per heavy atom. The minimum absolute atomic E-state index is 0.0900. The number of hydrogen-bond acceptors (Lipinski definition) is 7. The standard InChI is InChI=1S/C28H22ClN3O4S/c1-15-10-22-27(26(20(15)13-25(33)34)16-4-7-19(29)8-5-16)37-28(31-22)18-11-21(32-30-14-18)17-6-9-23(35-2)24(12-17)36-3/h4-12,14H,13H2,1-3H3,(H,33,34). The molecule has 37 heavy (non-hydrogen) atoms. The molecule has 0 saturated carbocycles. The zero-order valence-corrected chi connectivity index (χ0v) is 21.9. The van der Waals surface area contributed by atoms with Gasteiger partial charge in [-0.05, 0) is 66.1 Å². The van der Waals surface area contributed by atoms with E-state index < -0.39 is 5.97 Å². The first-order chi connectivity index (χ1) is 17.9. The van der Waals surface area contributed by atoms with Crippen LogP contribution in [0.5, 0.6) is 11.5 Å². The van der Waals surface area contributed by atoms with Crippen LogP contribution in [0.25, 0.3) is 43.2 Å². The van der Waals surface area contributed by atoms with Crippen LogP contribution in [0.3, 0.4) is 0 Å². The van der Waals surface area contributed by atoms with Gasteiger partial charge in [0.1, 0.15) is 5.01 Å². The molecule has 9 heteroatoms. The van der Waals surface area contributed by atoms with E-state index in [9.17, 15) is 9.90 Å². The molecule has 0 amide bonds. The van der Waals surface area contributed by atoms with Crippen LogP contribution in [-0.4, -0.2) is 40.5 Å². The normalized spacial score (nSPS) is 11.0. The average molecular weight is 532 g/mol. The summed E-state index contributed by atoms with van der Waals surface area (Å²) in [6, 6.07) is 16.9. The highest BCUT2D eigenvalue weighted by Gasteiger charge is 2.20. The first-order valence-electron chi connectivity index (χ1n) is 11.3. The number of fused-ring (bicyclic) bond motifs is 1. The maximum absolute atomic E-state index is 11.7. The molecule has 186 valence electrons. The molecule has 3 aromatic carbocycles. The van der Waals surface area contributed by atoms with Crippen LogP contribution in [0.1, 0.15) is 11.1 Å². The number of benzene rings is 3. The van der Waals surface area contributed by atoms with E-state index in [-0.39, 0.29) is 6.42 Å². The Balaban J connectivity index is 1.65. The van der Waals surface area contributed by atoms with Crippen molar-refractivity contribution < 1.29 is 19.4 Å². The van der Waals surface area contributed by atoms with Gasteiger partial charge in [0.25, 0.3) is 0 Å². The summed E-state index contributed by atoms with van der Waals surface area (Å²) >= 11 is 7.62. The topological polar surface area (TPSA) is 94.4 Å². The van der Waals surface area contributed by atoms with Gasteiger partial charge < -0.3 is 14.6 Å². The molecule has 0 radical (unpaired) electrons. The molecular weight excluding hydrogens is 510 g/mol. The van der Waals surface area contributed by atoms with Gasteiger partial charge in [0.15, 0.2) is 11.5 Å². The molecule has 0 aliphatic rings. The Labute approximate surface area is 222 Å². The lowest BCUT2D eigenvalue weighted by Crippen LogP contribution is -2.04. The van der Waals surface area contributed by atoms with Crippen molar-refractivity contribution in [2.24, 2.45) is 0 Å². The first kappa shape index (κ1) is 24.7.